The molecule has 0 aromatic rings. The second kappa shape index (κ2) is 4.40. The fraction of sp³-hybridized carbons (Fsp3) is 1.00. The van der Waals surface area contributed by atoms with E-state index in [1.165, 1.54) is 12.8 Å². The molecule has 2 fully saturated rings. The Morgan fingerprint density at radius 1 is 1.47 bits per heavy atom. The molecule has 2 aliphatic rings. The molecular formula is C12H24N2O. The Morgan fingerprint density at radius 3 is 2.87 bits per heavy atom. The summed E-state index contributed by atoms with van der Waals surface area (Å²) in [5.41, 5.74) is 0.494. The summed E-state index contributed by atoms with van der Waals surface area (Å²) in [4.78, 5) is 2.39. The van der Waals surface area contributed by atoms with E-state index >= 15 is 0 Å². The lowest BCUT2D eigenvalue weighted by atomic mass is 9.79. The van der Waals surface area contributed by atoms with E-state index in [-0.39, 0.29) is 6.10 Å². The van der Waals surface area contributed by atoms with Crippen LogP contribution in [-0.4, -0.2) is 48.3 Å². The van der Waals surface area contributed by atoms with Gasteiger partial charge in [0.05, 0.1) is 6.10 Å². The van der Waals surface area contributed by atoms with E-state index in [2.05, 4.69) is 24.1 Å². The number of aliphatic hydroxyl groups is 1. The van der Waals surface area contributed by atoms with Crippen LogP contribution < -0.4 is 5.32 Å². The minimum atomic E-state index is -0.0819. The molecule has 3 nitrogen and oxygen atoms in total. The van der Waals surface area contributed by atoms with Crippen LogP contribution in [0, 0.1) is 5.41 Å². The van der Waals surface area contributed by atoms with E-state index in [4.69, 9.17) is 0 Å². The number of hydrogen-bond donors (Lipinski definition) is 2. The van der Waals surface area contributed by atoms with Gasteiger partial charge in [0.1, 0.15) is 0 Å². The standard InChI is InChI=1S/C12H24N2O/c1-12(2)4-5-13-10(7-12)8-14-6-3-11(15)9-14/h10-11,13,15H,3-9H2,1-2H3/t10-,11-/m0/s1. The number of piperidine rings is 1. The first-order valence-electron chi connectivity index (χ1n) is 6.19. The fourth-order valence-electron chi connectivity index (χ4n) is 2.87. The maximum atomic E-state index is 9.47. The van der Waals surface area contributed by atoms with E-state index in [9.17, 15) is 5.11 Å². The third kappa shape index (κ3) is 3.16. The normalized spacial score (nSPS) is 37.0. The Morgan fingerprint density at radius 2 is 2.27 bits per heavy atom. The first kappa shape index (κ1) is 11.4. The molecule has 2 atom stereocenters. The molecule has 2 rings (SSSR count). The zero-order valence-corrected chi connectivity index (χ0v) is 10.00. The van der Waals surface area contributed by atoms with Crippen LogP contribution in [0.25, 0.3) is 0 Å². The van der Waals surface area contributed by atoms with Crippen LogP contribution >= 0.6 is 0 Å². The van der Waals surface area contributed by atoms with Gasteiger partial charge in [-0.25, -0.2) is 0 Å². The molecule has 0 unspecified atom stereocenters. The Bertz CT molecular complexity index is 218. The first-order valence-corrected chi connectivity index (χ1v) is 6.19. The van der Waals surface area contributed by atoms with Crippen molar-refractivity contribution in [1.29, 1.82) is 0 Å². The van der Waals surface area contributed by atoms with Gasteiger partial charge in [-0.2, -0.15) is 0 Å². The average molecular weight is 212 g/mol. The van der Waals surface area contributed by atoms with Crippen molar-refractivity contribution >= 4 is 0 Å². The van der Waals surface area contributed by atoms with Gasteiger partial charge in [0, 0.05) is 25.7 Å². The number of aliphatic hydroxyl groups excluding tert-OH is 1. The van der Waals surface area contributed by atoms with Gasteiger partial charge in [-0.15, -0.1) is 0 Å². The summed E-state index contributed by atoms with van der Waals surface area (Å²) < 4.78 is 0. The van der Waals surface area contributed by atoms with Gasteiger partial charge in [0.2, 0.25) is 0 Å². The number of β-amino-alcohol motifs (C(OH)–C–C–N with tert-alkyl or cyclic N) is 1. The Labute approximate surface area is 92.8 Å². The highest BCUT2D eigenvalue weighted by atomic mass is 16.3. The van der Waals surface area contributed by atoms with Gasteiger partial charge in [0.15, 0.2) is 0 Å². The molecule has 15 heavy (non-hydrogen) atoms. The van der Waals surface area contributed by atoms with Gasteiger partial charge in [-0.3, -0.25) is 4.90 Å². The predicted molar refractivity (Wildman–Crippen MR) is 61.9 cm³/mol. The van der Waals surface area contributed by atoms with Crippen LogP contribution in [0.3, 0.4) is 0 Å². The van der Waals surface area contributed by atoms with Crippen molar-refractivity contribution in [2.45, 2.75) is 45.3 Å². The van der Waals surface area contributed by atoms with Crippen molar-refractivity contribution in [3.8, 4) is 0 Å². The molecule has 0 bridgehead atoms. The zero-order valence-electron chi connectivity index (χ0n) is 10.00. The molecule has 0 amide bonds. The quantitative estimate of drug-likeness (QED) is 0.712. The maximum absolute atomic E-state index is 9.47. The summed E-state index contributed by atoms with van der Waals surface area (Å²) in [6, 6.07) is 0.624. The molecule has 2 saturated heterocycles. The summed E-state index contributed by atoms with van der Waals surface area (Å²) >= 11 is 0. The highest BCUT2D eigenvalue weighted by Gasteiger charge is 2.30. The minimum absolute atomic E-state index is 0.0819. The molecule has 2 aliphatic heterocycles. The summed E-state index contributed by atoms with van der Waals surface area (Å²) in [5, 5.41) is 13.1. The number of nitrogens with one attached hydrogen (secondary N) is 1. The Kier molecular flexibility index (Phi) is 3.33. The topological polar surface area (TPSA) is 35.5 Å². The van der Waals surface area contributed by atoms with E-state index in [0.717, 1.165) is 32.6 Å². The van der Waals surface area contributed by atoms with E-state index < -0.39 is 0 Å². The highest BCUT2D eigenvalue weighted by Crippen LogP contribution is 2.30. The van der Waals surface area contributed by atoms with Crippen LogP contribution in [0.5, 0.6) is 0 Å². The van der Waals surface area contributed by atoms with Crippen molar-refractivity contribution in [3.05, 3.63) is 0 Å². The molecule has 88 valence electrons. The van der Waals surface area contributed by atoms with E-state index in [1.807, 2.05) is 0 Å². The van der Waals surface area contributed by atoms with Crippen molar-refractivity contribution in [1.82, 2.24) is 10.2 Å². The second-order valence-corrected chi connectivity index (χ2v) is 5.97. The molecule has 2 heterocycles. The predicted octanol–water partition coefficient (Wildman–Crippen LogP) is 0.831. The molecule has 2 N–H and O–H groups in total. The van der Waals surface area contributed by atoms with Gasteiger partial charge in [-0.05, 0) is 31.2 Å². The molecule has 0 saturated carbocycles. The van der Waals surface area contributed by atoms with Crippen molar-refractivity contribution in [3.63, 3.8) is 0 Å². The summed E-state index contributed by atoms with van der Waals surface area (Å²) in [6.07, 6.45) is 3.42. The summed E-state index contributed by atoms with van der Waals surface area (Å²) in [6.45, 7) is 8.92. The Hall–Kier alpha value is -0.120. The van der Waals surface area contributed by atoms with Gasteiger partial charge in [0.25, 0.3) is 0 Å². The molecule has 0 aliphatic carbocycles. The smallest absolute Gasteiger partial charge is 0.0679 e. The lowest BCUT2D eigenvalue weighted by molar-refractivity contribution is 0.150. The minimum Gasteiger partial charge on any atom is -0.392 e. The van der Waals surface area contributed by atoms with Crippen LogP contribution in [0.1, 0.15) is 33.1 Å². The Balaban J connectivity index is 1.79. The van der Waals surface area contributed by atoms with Gasteiger partial charge in [-0.1, -0.05) is 13.8 Å². The monoisotopic (exact) mass is 212 g/mol. The number of rotatable bonds is 2. The van der Waals surface area contributed by atoms with Gasteiger partial charge >= 0.3 is 0 Å². The van der Waals surface area contributed by atoms with Crippen LogP contribution in [0.2, 0.25) is 0 Å². The highest BCUT2D eigenvalue weighted by molar-refractivity contribution is 4.87. The largest absolute Gasteiger partial charge is 0.392 e. The number of likely N-dealkylation sites (tertiary alicyclic amines) is 1. The zero-order chi connectivity index (χ0) is 10.9. The van der Waals surface area contributed by atoms with Crippen LogP contribution in [0.4, 0.5) is 0 Å². The molecule has 0 aromatic heterocycles. The van der Waals surface area contributed by atoms with Crippen LogP contribution in [-0.2, 0) is 0 Å². The van der Waals surface area contributed by atoms with Gasteiger partial charge < -0.3 is 10.4 Å². The molecule has 0 aromatic carbocycles. The first-order chi connectivity index (χ1) is 7.05. The van der Waals surface area contributed by atoms with Crippen molar-refractivity contribution < 1.29 is 5.11 Å². The SMILES string of the molecule is CC1(C)CCN[C@H](CN2CC[C@H](O)C2)C1. The number of nitrogens with zero attached hydrogens (tertiary/aromatic N) is 1. The van der Waals surface area contributed by atoms with Crippen LogP contribution in [0.15, 0.2) is 0 Å². The van der Waals surface area contributed by atoms with E-state index in [1.54, 1.807) is 0 Å². The molecular weight excluding hydrogens is 188 g/mol. The lowest BCUT2D eigenvalue weighted by Gasteiger charge is -2.37. The molecule has 3 heteroatoms. The summed E-state index contributed by atoms with van der Waals surface area (Å²) in [7, 11) is 0. The van der Waals surface area contributed by atoms with Crippen molar-refractivity contribution in [2.75, 3.05) is 26.2 Å². The second-order valence-electron chi connectivity index (χ2n) is 5.97. The fourth-order valence-corrected chi connectivity index (χ4v) is 2.87. The third-order valence-electron chi connectivity index (χ3n) is 3.76. The molecule has 0 spiro atoms. The van der Waals surface area contributed by atoms with Crippen molar-refractivity contribution in [2.24, 2.45) is 5.41 Å². The maximum Gasteiger partial charge on any atom is 0.0679 e. The lowest BCUT2D eigenvalue weighted by Crippen LogP contribution is -2.47. The summed E-state index contributed by atoms with van der Waals surface area (Å²) in [5.74, 6) is 0. The average Bonchev–Trinajstić information content (AvgIpc) is 2.49. The van der Waals surface area contributed by atoms with E-state index in [0.29, 0.717) is 11.5 Å². The number of hydrogen-bond acceptors (Lipinski definition) is 3. The molecule has 0 radical (unpaired) electrons. The third-order valence-corrected chi connectivity index (χ3v) is 3.76.